The van der Waals surface area contributed by atoms with Crippen LogP contribution >= 0.6 is 0 Å². The van der Waals surface area contributed by atoms with Crippen molar-refractivity contribution in [3.05, 3.63) is 66.1 Å². The molecule has 1 amide bonds. The quantitative estimate of drug-likeness (QED) is 0.412. The van der Waals surface area contributed by atoms with E-state index in [9.17, 15) is 4.79 Å². The van der Waals surface area contributed by atoms with Crippen molar-refractivity contribution in [1.29, 1.82) is 0 Å². The molecule has 0 spiro atoms. The number of hydrogen-bond donors (Lipinski definition) is 0. The first-order valence-corrected chi connectivity index (χ1v) is 13.6. The van der Waals surface area contributed by atoms with E-state index in [1.165, 1.54) is 5.56 Å². The van der Waals surface area contributed by atoms with Crippen molar-refractivity contribution in [3.63, 3.8) is 0 Å². The van der Waals surface area contributed by atoms with Crippen molar-refractivity contribution in [2.24, 2.45) is 5.92 Å². The zero-order valence-electron chi connectivity index (χ0n) is 22.8. The minimum atomic E-state index is 0.0933. The van der Waals surface area contributed by atoms with Gasteiger partial charge in [0.05, 0.1) is 20.8 Å². The van der Waals surface area contributed by atoms with E-state index in [0.29, 0.717) is 35.7 Å². The van der Waals surface area contributed by atoms with Crippen LogP contribution in [0.3, 0.4) is 0 Å². The van der Waals surface area contributed by atoms with Gasteiger partial charge in [-0.15, -0.1) is 0 Å². The van der Waals surface area contributed by atoms with E-state index in [2.05, 4.69) is 61.3 Å². The molecule has 0 unspecified atom stereocenters. The predicted molar refractivity (Wildman–Crippen MR) is 149 cm³/mol. The van der Waals surface area contributed by atoms with E-state index in [1.54, 1.807) is 14.2 Å². The summed E-state index contributed by atoms with van der Waals surface area (Å²) >= 11 is 0. The van der Waals surface area contributed by atoms with Gasteiger partial charge in [0.15, 0.2) is 11.5 Å². The third-order valence-corrected chi connectivity index (χ3v) is 7.56. The Kier molecular flexibility index (Phi) is 8.90. The molecule has 206 valence electrons. The lowest BCUT2D eigenvalue weighted by Crippen LogP contribution is -2.51. The van der Waals surface area contributed by atoms with Crippen LogP contribution in [0.5, 0.6) is 11.5 Å². The molecule has 0 N–H and O–H groups in total. The third-order valence-electron chi connectivity index (χ3n) is 7.56. The van der Waals surface area contributed by atoms with Crippen LogP contribution in [-0.4, -0.2) is 90.8 Å². The van der Waals surface area contributed by atoms with Crippen molar-refractivity contribution >= 4 is 12.0 Å². The standard InChI is InChI=1S/C30H37N5O4/c1-37-26-11-10-25(21-27(26)38-2)29-31-28(39-32-29)22-34-15-12-24(13-16-34)30(36)35-19-17-33(18-20-35)14-6-9-23-7-4-3-5-8-23/h3-11,21,24H,12-20,22H2,1-2H3/b9-6+. The minimum Gasteiger partial charge on any atom is -0.493 e. The van der Waals surface area contributed by atoms with Crippen molar-refractivity contribution in [2.75, 3.05) is 60.0 Å². The molecule has 9 heteroatoms. The lowest BCUT2D eigenvalue weighted by atomic mass is 9.95. The average molecular weight is 532 g/mol. The summed E-state index contributed by atoms with van der Waals surface area (Å²) in [5, 5.41) is 4.15. The van der Waals surface area contributed by atoms with Gasteiger partial charge in [0.25, 0.3) is 0 Å². The summed E-state index contributed by atoms with van der Waals surface area (Å²) in [5.74, 6) is 2.76. The molecule has 3 aromatic rings. The van der Waals surface area contributed by atoms with Crippen molar-refractivity contribution in [2.45, 2.75) is 19.4 Å². The van der Waals surface area contributed by atoms with E-state index in [4.69, 9.17) is 14.0 Å². The van der Waals surface area contributed by atoms with Crippen LogP contribution in [0.4, 0.5) is 0 Å². The molecule has 1 aromatic heterocycles. The van der Waals surface area contributed by atoms with Crippen LogP contribution in [0.15, 0.2) is 59.1 Å². The van der Waals surface area contributed by atoms with Crippen LogP contribution in [0, 0.1) is 5.92 Å². The Hall–Kier alpha value is -3.69. The van der Waals surface area contributed by atoms with Crippen molar-refractivity contribution < 1.29 is 18.8 Å². The lowest BCUT2D eigenvalue weighted by Gasteiger charge is -2.38. The van der Waals surface area contributed by atoms with Crippen LogP contribution in [-0.2, 0) is 11.3 Å². The van der Waals surface area contributed by atoms with E-state index in [-0.39, 0.29) is 5.92 Å². The molecule has 0 saturated carbocycles. The largest absolute Gasteiger partial charge is 0.493 e. The number of amides is 1. The summed E-state index contributed by atoms with van der Waals surface area (Å²) in [6, 6.07) is 15.9. The van der Waals surface area contributed by atoms with Crippen LogP contribution < -0.4 is 9.47 Å². The van der Waals surface area contributed by atoms with Gasteiger partial charge in [-0.3, -0.25) is 14.6 Å². The Morgan fingerprint density at radius 1 is 0.949 bits per heavy atom. The molecule has 39 heavy (non-hydrogen) atoms. The van der Waals surface area contributed by atoms with Crippen LogP contribution in [0.25, 0.3) is 17.5 Å². The second kappa shape index (κ2) is 12.9. The van der Waals surface area contributed by atoms with Gasteiger partial charge in [-0.05, 0) is 49.7 Å². The number of rotatable bonds is 9. The molecule has 2 aliphatic rings. The van der Waals surface area contributed by atoms with Gasteiger partial charge in [0, 0.05) is 44.2 Å². The van der Waals surface area contributed by atoms with Gasteiger partial charge in [0.2, 0.25) is 17.6 Å². The Labute approximate surface area is 230 Å². The number of piperidine rings is 1. The summed E-state index contributed by atoms with van der Waals surface area (Å²) in [4.78, 5) is 24.5. The second-order valence-electron chi connectivity index (χ2n) is 10.1. The SMILES string of the molecule is COc1ccc(-c2noc(CN3CCC(C(=O)N4CCN(C/C=C/c5ccccc5)CC4)CC3)n2)cc1OC. The van der Waals surface area contributed by atoms with E-state index >= 15 is 0 Å². The first-order chi connectivity index (χ1) is 19.1. The van der Waals surface area contributed by atoms with Gasteiger partial charge in [0.1, 0.15) is 0 Å². The molecular formula is C30H37N5O4. The third kappa shape index (κ3) is 6.85. The number of aromatic nitrogens is 2. The Balaban J connectivity index is 1.05. The highest BCUT2D eigenvalue weighted by Gasteiger charge is 2.30. The number of carbonyl (C=O) groups excluding carboxylic acids is 1. The fourth-order valence-electron chi connectivity index (χ4n) is 5.25. The highest BCUT2D eigenvalue weighted by molar-refractivity contribution is 5.79. The normalized spacial score (nSPS) is 17.5. The number of benzene rings is 2. The number of carbonyl (C=O) groups is 1. The van der Waals surface area contributed by atoms with Gasteiger partial charge in [-0.1, -0.05) is 47.6 Å². The van der Waals surface area contributed by atoms with Crippen LogP contribution in [0.1, 0.15) is 24.3 Å². The molecule has 9 nitrogen and oxygen atoms in total. The Morgan fingerprint density at radius 2 is 1.69 bits per heavy atom. The van der Waals surface area contributed by atoms with Crippen molar-refractivity contribution in [3.8, 4) is 22.9 Å². The molecule has 0 radical (unpaired) electrons. The summed E-state index contributed by atoms with van der Waals surface area (Å²) in [6.07, 6.45) is 6.09. The number of likely N-dealkylation sites (tertiary alicyclic amines) is 1. The summed E-state index contributed by atoms with van der Waals surface area (Å²) in [7, 11) is 3.21. The summed E-state index contributed by atoms with van der Waals surface area (Å²) < 4.78 is 16.2. The van der Waals surface area contributed by atoms with Gasteiger partial charge in [-0.25, -0.2) is 0 Å². The summed E-state index contributed by atoms with van der Waals surface area (Å²) in [6.45, 7) is 6.63. The molecule has 0 atom stereocenters. The predicted octanol–water partition coefficient (Wildman–Crippen LogP) is 3.82. The van der Waals surface area contributed by atoms with Gasteiger partial charge < -0.3 is 18.9 Å². The Bertz CT molecular complexity index is 1250. The maximum absolute atomic E-state index is 13.2. The molecule has 2 aliphatic heterocycles. The molecule has 5 rings (SSSR count). The molecule has 2 aromatic carbocycles. The zero-order valence-corrected chi connectivity index (χ0v) is 22.8. The highest BCUT2D eigenvalue weighted by Crippen LogP contribution is 2.31. The monoisotopic (exact) mass is 531 g/mol. The van der Waals surface area contributed by atoms with E-state index in [0.717, 1.165) is 64.2 Å². The fourth-order valence-corrected chi connectivity index (χ4v) is 5.25. The second-order valence-corrected chi connectivity index (χ2v) is 10.1. The van der Waals surface area contributed by atoms with Gasteiger partial charge >= 0.3 is 0 Å². The van der Waals surface area contributed by atoms with E-state index < -0.39 is 0 Å². The molecule has 2 saturated heterocycles. The smallest absolute Gasteiger partial charge is 0.241 e. The fraction of sp³-hybridized carbons (Fsp3) is 0.433. The van der Waals surface area contributed by atoms with Crippen molar-refractivity contribution in [1.82, 2.24) is 24.8 Å². The van der Waals surface area contributed by atoms with Gasteiger partial charge in [-0.2, -0.15) is 4.98 Å². The number of piperazine rings is 1. The number of nitrogens with zero attached hydrogens (tertiary/aromatic N) is 5. The lowest BCUT2D eigenvalue weighted by molar-refractivity contribution is -0.138. The molecule has 0 aliphatic carbocycles. The zero-order chi connectivity index (χ0) is 27.0. The number of methoxy groups -OCH3 is 2. The number of ether oxygens (including phenoxy) is 2. The molecular weight excluding hydrogens is 494 g/mol. The van der Waals surface area contributed by atoms with Crippen LogP contribution in [0.2, 0.25) is 0 Å². The summed E-state index contributed by atoms with van der Waals surface area (Å²) in [5.41, 5.74) is 2.02. The molecule has 3 heterocycles. The first kappa shape index (κ1) is 26.9. The molecule has 0 bridgehead atoms. The topological polar surface area (TPSA) is 84.2 Å². The average Bonchev–Trinajstić information content (AvgIpc) is 3.46. The highest BCUT2D eigenvalue weighted by atomic mass is 16.5. The molecule has 2 fully saturated rings. The van der Waals surface area contributed by atoms with E-state index in [1.807, 2.05) is 24.3 Å². The minimum absolute atomic E-state index is 0.0933. The maximum atomic E-state index is 13.2. The Morgan fingerprint density at radius 3 is 2.41 bits per heavy atom. The maximum Gasteiger partial charge on any atom is 0.241 e. The first-order valence-electron chi connectivity index (χ1n) is 13.6. The number of hydrogen-bond acceptors (Lipinski definition) is 8.